The standard InChI is InChI=1S/C2Cl4FNS2/c3-1(4)8-10-9-2(5,6)7. The molecule has 0 aliphatic rings. The Bertz CT molecular complexity index is 130. The molecule has 0 bridgehead atoms. The van der Waals surface area contributed by atoms with Crippen LogP contribution in [0.4, 0.5) is 4.39 Å². The molecule has 60 valence electrons. The molecule has 0 unspecified atom stereocenters. The van der Waals surface area contributed by atoms with Crippen LogP contribution in [-0.4, -0.2) is 8.55 Å². The fourth-order valence-electron chi connectivity index (χ4n) is 0.0891. The predicted molar refractivity (Wildman–Crippen MR) is 49.9 cm³/mol. The lowest BCUT2D eigenvalue weighted by Gasteiger charge is -2.02. The summed E-state index contributed by atoms with van der Waals surface area (Å²) in [5.41, 5.74) is 0. The van der Waals surface area contributed by atoms with Gasteiger partial charge in [-0.3, -0.25) is 0 Å². The highest BCUT2D eigenvalue weighted by Crippen LogP contribution is 2.44. The number of halogens is 5. The van der Waals surface area contributed by atoms with Gasteiger partial charge in [0, 0.05) is 10.8 Å². The number of nitrogens with zero attached hydrogens (tertiary/aromatic N) is 1. The van der Waals surface area contributed by atoms with Crippen LogP contribution in [0.3, 0.4) is 0 Å². The molecule has 8 heteroatoms. The summed E-state index contributed by atoms with van der Waals surface area (Å²) < 4.78 is 12.9. The molecule has 0 rings (SSSR count). The SMILES string of the molecule is FC(Cl)(Cl)SSN=C(Cl)Cl. The summed E-state index contributed by atoms with van der Waals surface area (Å²) in [6.45, 7) is 0. The largest absolute Gasteiger partial charge is 0.316 e. The maximum absolute atomic E-state index is 12.2. The molecule has 0 saturated carbocycles. The minimum atomic E-state index is -2.36. The third-order valence-electron chi connectivity index (χ3n) is 0.238. The molecule has 10 heavy (non-hydrogen) atoms. The predicted octanol–water partition coefficient (Wildman–Crippen LogP) is 4.17. The molecule has 0 heterocycles. The second-order valence-corrected chi connectivity index (χ2v) is 5.54. The first-order chi connectivity index (χ1) is 4.42. The van der Waals surface area contributed by atoms with Gasteiger partial charge in [0.1, 0.15) is 0 Å². The van der Waals surface area contributed by atoms with Crippen molar-refractivity contribution < 1.29 is 4.39 Å². The first-order valence-corrected chi connectivity index (χ1v) is 5.34. The van der Waals surface area contributed by atoms with Gasteiger partial charge in [0.2, 0.25) is 4.63 Å². The number of alkyl halides is 3. The minimum Gasteiger partial charge on any atom is -0.194 e. The van der Waals surface area contributed by atoms with Gasteiger partial charge in [0.05, 0.1) is 11.0 Å². The lowest BCUT2D eigenvalue weighted by Crippen LogP contribution is -1.90. The van der Waals surface area contributed by atoms with E-state index in [0.717, 1.165) is 0 Å². The van der Waals surface area contributed by atoms with Gasteiger partial charge in [-0.05, 0) is 23.2 Å². The van der Waals surface area contributed by atoms with Crippen LogP contribution >= 0.6 is 68.2 Å². The average molecular weight is 263 g/mol. The first-order valence-electron chi connectivity index (χ1n) is 1.72. The van der Waals surface area contributed by atoms with Crippen molar-refractivity contribution in [3.63, 3.8) is 0 Å². The van der Waals surface area contributed by atoms with E-state index in [-0.39, 0.29) is 4.63 Å². The number of hydrogen-bond acceptors (Lipinski definition) is 3. The van der Waals surface area contributed by atoms with Crippen molar-refractivity contribution in [2.45, 2.75) is 3.92 Å². The Hall–Kier alpha value is 1.46. The lowest BCUT2D eigenvalue weighted by atomic mass is 11.7. The van der Waals surface area contributed by atoms with Gasteiger partial charge in [-0.25, -0.2) is 0 Å². The van der Waals surface area contributed by atoms with Gasteiger partial charge < -0.3 is 0 Å². The molecule has 0 aliphatic heterocycles. The van der Waals surface area contributed by atoms with E-state index in [1.807, 2.05) is 0 Å². The molecular weight excluding hydrogens is 263 g/mol. The Balaban J connectivity index is 3.47. The van der Waals surface area contributed by atoms with E-state index in [1.54, 1.807) is 0 Å². The Morgan fingerprint density at radius 3 is 2.20 bits per heavy atom. The Morgan fingerprint density at radius 1 is 1.40 bits per heavy atom. The molecule has 0 saturated heterocycles. The first kappa shape index (κ1) is 11.5. The summed E-state index contributed by atoms with van der Waals surface area (Å²) in [5.74, 6) is 0. The quantitative estimate of drug-likeness (QED) is 0.328. The van der Waals surface area contributed by atoms with Gasteiger partial charge in [-0.1, -0.05) is 23.2 Å². The van der Waals surface area contributed by atoms with E-state index < -0.39 is 3.92 Å². The summed E-state index contributed by atoms with van der Waals surface area (Å²) in [5, 5.41) is 0. The molecule has 0 spiro atoms. The second kappa shape index (κ2) is 5.17. The van der Waals surface area contributed by atoms with Crippen molar-refractivity contribution in [1.29, 1.82) is 0 Å². The number of rotatable bonds is 3. The second-order valence-electron chi connectivity index (χ2n) is 0.935. The molecule has 0 amide bonds. The van der Waals surface area contributed by atoms with E-state index in [9.17, 15) is 4.39 Å². The van der Waals surface area contributed by atoms with Crippen molar-refractivity contribution in [2.24, 2.45) is 4.40 Å². The van der Waals surface area contributed by atoms with Crippen LogP contribution in [0.25, 0.3) is 0 Å². The van der Waals surface area contributed by atoms with Crippen LogP contribution in [0.15, 0.2) is 4.40 Å². The lowest BCUT2D eigenvalue weighted by molar-refractivity contribution is 0.518. The third kappa shape index (κ3) is 9.46. The van der Waals surface area contributed by atoms with Crippen molar-refractivity contribution in [3.8, 4) is 0 Å². The highest BCUT2D eigenvalue weighted by molar-refractivity contribution is 8.77. The zero-order chi connectivity index (χ0) is 8.20. The molecule has 0 aromatic heterocycles. The van der Waals surface area contributed by atoms with E-state index >= 15 is 0 Å². The highest BCUT2D eigenvalue weighted by atomic mass is 35.5. The average Bonchev–Trinajstić information content (AvgIpc) is 1.59. The molecule has 0 N–H and O–H groups in total. The molecule has 0 aliphatic carbocycles. The number of hydrogen-bond donors (Lipinski definition) is 0. The van der Waals surface area contributed by atoms with Gasteiger partial charge in [-0.2, -0.15) is 8.79 Å². The zero-order valence-corrected chi connectivity index (χ0v) is 8.81. The van der Waals surface area contributed by atoms with Gasteiger partial charge >= 0.3 is 3.92 Å². The fraction of sp³-hybridized carbons (Fsp3) is 0.500. The zero-order valence-electron chi connectivity index (χ0n) is 4.15. The van der Waals surface area contributed by atoms with Gasteiger partial charge in [0.25, 0.3) is 0 Å². The Morgan fingerprint density at radius 2 is 1.90 bits per heavy atom. The highest BCUT2D eigenvalue weighted by Gasteiger charge is 2.23. The normalized spacial score (nSPS) is 11.3. The summed E-state index contributed by atoms with van der Waals surface area (Å²) >= 11 is 20.0. The van der Waals surface area contributed by atoms with E-state index in [4.69, 9.17) is 46.4 Å². The van der Waals surface area contributed by atoms with Gasteiger partial charge in [0.15, 0.2) is 0 Å². The van der Waals surface area contributed by atoms with E-state index in [2.05, 4.69) is 4.40 Å². The Kier molecular flexibility index (Phi) is 5.92. The monoisotopic (exact) mass is 261 g/mol. The van der Waals surface area contributed by atoms with Crippen LogP contribution in [0.1, 0.15) is 0 Å². The third-order valence-corrected chi connectivity index (χ3v) is 3.28. The maximum Gasteiger partial charge on any atom is 0.316 e. The molecule has 0 atom stereocenters. The van der Waals surface area contributed by atoms with Crippen molar-refractivity contribution >= 4 is 72.8 Å². The van der Waals surface area contributed by atoms with Crippen molar-refractivity contribution in [3.05, 3.63) is 0 Å². The summed E-state index contributed by atoms with van der Waals surface area (Å²) in [6, 6.07) is 0. The minimum absolute atomic E-state index is 0.213. The van der Waals surface area contributed by atoms with Crippen molar-refractivity contribution in [1.82, 2.24) is 0 Å². The van der Waals surface area contributed by atoms with E-state index in [0.29, 0.717) is 21.8 Å². The summed E-state index contributed by atoms with van der Waals surface area (Å²) in [6.07, 6.45) is 0. The topological polar surface area (TPSA) is 12.4 Å². The molecule has 0 aromatic carbocycles. The Labute approximate surface area is 85.2 Å². The van der Waals surface area contributed by atoms with Crippen LogP contribution < -0.4 is 0 Å². The molecular formula is C2Cl4FNS2. The molecule has 0 aromatic rings. The summed E-state index contributed by atoms with van der Waals surface area (Å²) in [7, 11) is 1.16. The molecule has 0 fully saturated rings. The fourth-order valence-corrected chi connectivity index (χ4v) is 1.82. The van der Waals surface area contributed by atoms with Crippen LogP contribution in [0.2, 0.25) is 0 Å². The molecule has 0 radical (unpaired) electrons. The molecule has 1 nitrogen and oxygen atoms in total. The smallest absolute Gasteiger partial charge is 0.194 e. The van der Waals surface area contributed by atoms with Crippen LogP contribution in [-0.2, 0) is 0 Å². The van der Waals surface area contributed by atoms with E-state index in [1.165, 1.54) is 0 Å². The summed E-state index contributed by atoms with van der Waals surface area (Å²) in [4.78, 5) is 0. The van der Waals surface area contributed by atoms with Crippen LogP contribution in [0.5, 0.6) is 0 Å². The maximum atomic E-state index is 12.2. The van der Waals surface area contributed by atoms with Crippen LogP contribution in [0, 0.1) is 0 Å². The van der Waals surface area contributed by atoms with Crippen molar-refractivity contribution in [2.75, 3.05) is 0 Å². The van der Waals surface area contributed by atoms with Gasteiger partial charge in [-0.15, -0.1) is 0 Å².